The van der Waals surface area contributed by atoms with Gasteiger partial charge in [0.1, 0.15) is 6.61 Å². The van der Waals surface area contributed by atoms with Crippen molar-refractivity contribution in [2.75, 3.05) is 32.9 Å². The van der Waals surface area contributed by atoms with Crippen LogP contribution >= 0.6 is 7.82 Å². The van der Waals surface area contributed by atoms with Crippen LogP contribution in [0.25, 0.3) is 0 Å². The highest BCUT2D eigenvalue weighted by Gasteiger charge is 2.28. The van der Waals surface area contributed by atoms with Crippen molar-refractivity contribution in [1.29, 1.82) is 0 Å². The number of ether oxygens (including phenoxy) is 2. The molecule has 0 bridgehead atoms. The Labute approximate surface area is 280 Å². The lowest BCUT2D eigenvalue weighted by Gasteiger charge is -2.20. The molecule has 3 N–H and O–H groups in total. The predicted octanol–water partition coefficient (Wildman–Crippen LogP) is 8.50. The Morgan fingerprint density at radius 1 is 0.630 bits per heavy atom. The van der Waals surface area contributed by atoms with Gasteiger partial charge in [-0.25, -0.2) is 4.57 Å². The van der Waals surface area contributed by atoms with Crippen molar-refractivity contribution < 1.29 is 37.6 Å². The number of rotatable bonds is 33. The molecule has 1 unspecified atom stereocenters. The Morgan fingerprint density at radius 2 is 1.04 bits per heavy atom. The molecule has 272 valence electrons. The number of esters is 2. The van der Waals surface area contributed by atoms with E-state index in [1.807, 2.05) is 0 Å². The number of carbonyl (C=O) groups excluding carboxylic acids is 2. The lowest BCUT2D eigenvalue weighted by Crippen LogP contribution is -2.35. The van der Waals surface area contributed by atoms with Gasteiger partial charge < -0.3 is 14.4 Å². The summed E-state index contributed by atoms with van der Waals surface area (Å²) < 4.78 is 33.5. The second-order valence-corrected chi connectivity index (χ2v) is 14.3. The molecule has 46 heavy (non-hydrogen) atoms. The summed E-state index contributed by atoms with van der Waals surface area (Å²) in [4.78, 5) is 35.1. The van der Waals surface area contributed by atoms with E-state index in [1.165, 1.54) is 103 Å². The van der Waals surface area contributed by atoms with Crippen LogP contribution in [-0.4, -0.2) is 62.0 Å². The third-order valence-corrected chi connectivity index (χ3v) is 9.38. The summed E-state index contributed by atoms with van der Waals surface area (Å²) in [6.07, 6.45) is 25.4. The maximum atomic E-state index is 12.6. The van der Waals surface area contributed by atoms with Crippen molar-refractivity contribution >= 4 is 19.8 Å². The molecule has 1 saturated heterocycles. The molecule has 0 aliphatic carbocycles. The summed E-state index contributed by atoms with van der Waals surface area (Å²) in [7, 11) is -4.39. The molecule has 0 saturated carbocycles. The highest BCUT2D eigenvalue weighted by Crippen LogP contribution is 2.43. The smallest absolute Gasteiger partial charge is 0.462 e. The molecule has 2 atom stereocenters. The van der Waals surface area contributed by atoms with Crippen LogP contribution in [0.2, 0.25) is 0 Å². The normalized spacial score (nSPS) is 15.5. The first-order valence-corrected chi connectivity index (χ1v) is 20.3. The molecule has 11 heteroatoms. The molecule has 1 heterocycles. The van der Waals surface area contributed by atoms with E-state index in [4.69, 9.17) is 18.5 Å². The minimum atomic E-state index is -4.39. The van der Waals surface area contributed by atoms with Crippen LogP contribution in [0.15, 0.2) is 0 Å². The summed E-state index contributed by atoms with van der Waals surface area (Å²) in [6.45, 7) is 5.26. The molecule has 1 aliphatic heterocycles. The van der Waals surface area contributed by atoms with Gasteiger partial charge in [0, 0.05) is 25.9 Å². The van der Waals surface area contributed by atoms with E-state index in [-0.39, 0.29) is 31.8 Å². The van der Waals surface area contributed by atoms with Gasteiger partial charge >= 0.3 is 19.8 Å². The molecular formula is C35H69N2O8P. The summed E-state index contributed by atoms with van der Waals surface area (Å²) in [5.41, 5.74) is 0. The van der Waals surface area contributed by atoms with Crippen LogP contribution in [0.5, 0.6) is 0 Å². The van der Waals surface area contributed by atoms with Crippen LogP contribution < -0.4 is 10.6 Å². The number of hydrogen-bond acceptors (Lipinski definition) is 9. The van der Waals surface area contributed by atoms with E-state index in [0.717, 1.165) is 45.2 Å². The van der Waals surface area contributed by atoms with Crippen LogP contribution in [-0.2, 0) is 32.7 Å². The molecular weight excluding hydrogens is 607 g/mol. The molecule has 1 aliphatic rings. The van der Waals surface area contributed by atoms with E-state index in [2.05, 4.69) is 24.5 Å². The predicted molar refractivity (Wildman–Crippen MR) is 185 cm³/mol. The summed E-state index contributed by atoms with van der Waals surface area (Å²) >= 11 is 0. The van der Waals surface area contributed by atoms with Gasteiger partial charge in [-0.2, -0.15) is 0 Å². The lowest BCUT2D eigenvalue weighted by molar-refractivity contribution is -0.161. The molecule has 10 nitrogen and oxygen atoms in total. The lowest BCUT2D eigenvalue weighted by atomic mass is 10.1. The first-order chi connectivity index (χ1) is 22.4. The molecule has 1 rings (SSSR count). The molecule has 0 radical (unpaired) electrons. The highest BCUT2D eigenvalue weighted by atomic mass is 31.2. The monoisotopic (exact) mass is 676 g/mol. The zero-order valence-electron chi connectivity index (χ0n) is 29.4. The maximum Gasteiger partial charge on any atom is 0.472 e. The average Bonchev–Trinajstić information content (AvgIpc) is 3.57. The quantitative estimate of drug-likeness (QED) is 0.0353. The standard InChI is InChI=1S/C35H69N2O8P/c1-3-5-7-9-11-13-15-17-19-21-23-25-34(38)42-29-32(30-43-46(40,41)44-31-33-36-27-28-37-33)45-35(39)26-24-22-20-18-16-14-12-10-8-6-4-2/h32-33,36-37H,3-31H2,1-2H3,(H,40,41)/t32-/m0/s1. The number of unbranched alkanes of at least 4 members (excludes halogenated alkanes) is 20. The van der Waals surface area contributed by atoms with Gasteiger partial charge in [-0.15, -0.1) is 0 Å². The second kappa shape index (κ2) is 30.1. The zero-order valence-corrected chi connectivity index (χ0v) is 30.3. The Morgan fingerprint density at radius 3 is 1.50 bits per heavy atom. The van der Waals surface area contributed by atoms with Crippen LogP contribution in [0.3, 0.4) is 0 Å². The van der Waals surface area contributed by atoms with Gasteiger partial charge in [0.25, 0.3) is 0 Å². The van der Waals surface area contributed by atoms with Crippen molar-refractivity contribution in [3.8, 4) is 0 Å². The number of hydrogen-bond donors (Lipinski definition) is 3. The molecule has 0 amide bonds. The third-order valence-electron chi connectivity index (χ3n) is 8.43. The Balaban J connectivity index is 2.32. The number of carbonyl (C=O) groups is 2. The number of phosphoric acid groups is 1. The van der Waals surface area contributed by atoms with Gasteiger partial charge in [0.05, 0.1) is 19.4 Å². The SMILES string of the molecule is CCCCCCCCCCCCCC(=O)OC[C@@H](COP(=O)(O)OCC1NCCN1)OC(=O)CCCCCCCCCCCCC. The van der Waals surface area contributed by atoms with Gasteiger partial charge in [0.15, 0.2) is 6.10 Å². The fourth-order valence-electron chi connectivity index (χ4n) is 5.55. The van der Waals surface area contributed by atoms with Crippen LogP contribution in [0.1, 0.15) is 168 Å². The van der Waals surface area contributed by atoms with Gasteiger partial charge in [-0.05, 0) is 12.8 Å². The Bertz CT molecular complexity index is 782. The molecule has 1 fully saturated rings. The largest absolute Gasteiger partial charge is 0.472 e. The third kappa shape index (κ3) is 27.0. The van der Waals surface area contributed by atoms with E-state index in [9.17, 15) is 19.0 Å². The fraction of sp³-hybridized carbons (Fsp3) is 0.943. The highest BCUT2D eigenvalue weighted by molar-refractivity contribution is 7.47. The molecule has 0 aromatic rings. The van der Waals surface area contributed by atoms with E-state index < -0.39 is 26.5 Å². The Kier molecular flexibility index (Phi) is 28.1. The zero-order chi connectivity index (χ0) is 33.6. The second-order valence-electron chi connectivity index (χ2n) is 12.9. The van der Waals surface area contributed by atoms with E-state index in [1.54, 1.807) is 0 Å². The minimum absolute atomic E-state index is 0.0506. The van der Waals surface area contributed by atoms with Gasteiger partial charge in [-0.3, -0.25) is 29.3 Å². The van der Waals surface area contributed by atoms with Crippen molar-refractivity contribution in [2.24, 2.45) is 0 Å². The summed E-state index contributed by atoms with van der Waals surface area (Å²) in [5, 5.41) is 6.18. The number of nitrogens with one attached hydrogen (secondary N) is 2. The minimum Gasteiger partial charge on any atom is -0.462 e. The van der Waals surface area contributed by atoms with Crippen LogP contribution in [0.4, 0.5) is 0 Å². The first kappa shape index (κ1) is 43.0. The van der Waals surface area contributed by atoms with Crippen molar-refractivity contribution in [3.63, 3.8) is 0 Å². The van der Waals surface area contributed by atoms with Crippen molar-refractivity contribution in [3.05, 3.63) is 0 Å². The fourth-order valence-corrected chi connectivity index (χ4v) is 6.32. The molecule has 0 aromatic carbocycles. The summed E-state index contributed by atoms with van der Waals surface area (Å²) in [6, 6.07) is 0. The molecule has 0 aromatic heterocycles. The maximum absolute atomic E-state index is 12.6. The van der Waals surface area contributed by atoms with Gasteiger partial charge in [0.2, 0.25) is 0 Å². The van der Waals surface area contributed by atoms with Crippen molar-refractivity contribution in [2.45, 2.75) is 180 Å². The summed E-state index contributed by atoms with van der Waals surface area (Å²) in [5.74, 6) is -0.803. The van der Waals surface area contributed by atoms with Crippen LogP contribution in [0, 0.1) is 0 Å². The topological polar surface area (TPSA) is 132 Å². The number of phosphoric ester groups is 1. The van der Waals surface area contributed by atoms with Crippen molar-refractivity contribution in [1.82, 2.24) is 10.6 Å². The average molecular weight is 677 g/mol. The Hall–Kier alpha value is -1.03. The first-order valence-electron chi connectivity index (χ1n) is 18.8. The van der Waals surface area contributed by atoms with Gasteiger partial charge in [-0.1, -0.05) is 142 Å². The molecule has 0 spiro atoms. The van der Waals surface area contributed by atoms with E-state index >= 15 is 0 Å². The van der Waals surface area contributed by atoms with E-state index in [0.29, 0.717) is 12.8 Å².